The zero-order chi connectivity index (χ0) is 14.3. The molecule has 19 heavy (non-hydrogen) atoms. The number of hydrogen-bond acceptors (Lipinski definition) is 4. The second-order valence-corrected chi connectivity index (χ2v) is 8.25. The molecule has 102 valence electrons. The summed E-state index contributed by atoms with van der Waals surface area (Å²) >= 11 is 0. The van der Waals surface area contributed by atoms with Crippen LogP contribution in [0.2, 0.25) is 0 Å². The molecule has 0 aliphatic carbocycles. The van der Waals surface area contributed by atoms with Gasteiger partial charge in [0.15, 0.2) is 0 Å². The van der Waals surface area contributed by atoms with Crippen molar-refractivity contribution in [3.8, 4) is 0 Å². The monoisotopic (exact) mass is 319 g/mol. The van der Waals surface area contributed by atoms with Crippen molar-refractivity contribution >= 4 is 46.2 Å². The third-order valence-electron chi connectivity index (χ3n) is 2.44. The van der Waals surface area contributed by atoms with Gasteiger partial charge in [-0.1, -0.05) is 24.3 Å². The minimum Gasteiger partial charge on any atom is -0.283 e. The van der Waals surface area contributed by atoms with Gasteiger partial charge in [-0.25, -0.2) is 16.8 Å². The number of benzene rings is 2. The summed E-state index contributed by atoms with van der Waals surface area (Å²) in [4.78, 5) is -0.0520. The minimum absolute atomic E-state index is 0.0520. The van der Waals surface area contributed by atoms with Gasteiger partial charge in [0.2, 0.25) is 10.0 Å². The first kappa shape index (κ1) is 14.1. The maximum atomic E-state index is 11.5. The topological polar surface area (TPSA) is 80.3 Å². The lowest BCUT2D eigenvalue weighted by Crippen LogP contribution is -2.10. The molecule has 0 fully saturated rings. The maximum Gasteiger partial charge on any atom is 0.261 e. The average molecular weight is 320 g/mol. The molecule has 0 aliphatic rings. The Bertz CT molecular complexity index is 844. The number of hydrogen-bond donors (Lipinski definition) is 1. The van der Waals surface area contributed by atoms with Crippen molar-refractivity contribution in [3.05, 3.63) is 36.4 Å². The van der Waals surface area contributed by atoms with Gasteiger partial charge in [-0.05, 0) is 12.1 Å². The highest BCUT2D eigenvalue weighted by Gasteiger charge is 2.16. The van der Waals surface area contributed by atoms with E-state index in [0.29, 0.717) is 16.5 Å². The van der Waals surface area contributed by atoms with Crippen LogP contribution in [-0.2, 0) is 19.1 Å². The summed E-state index contributed by atoms with van der Waals surface area (Å²) in [6.45, 7) is 0. The molecular formula is C11H10ClNO4S2. The summed E-state index contributed by atoms with van der Waals surface area (Å²) in [6.07, 6.45) is 1.02. The summed E-state index contributed by atoms with van der Waals surface area (Å²) in [7, 11) is -1.99. The minimum atomic E-state index is -3.89. The summed E-state index contributed by atoms with van der Waals surface area (Å²) in [5.41, 5.74) is 0.308. The van der Waals surface area contributed by atoms with Crippen LogP contribution in [0, 0.1) is 0 Å². The van der Waals surface area contributed by atoms with Crippen LogP contribution in [0.15, 0.2) is 41.3 Å². The highest BCUT2D eigenvalue weighted by molar-refractivity contribution is 8.14. The Morgan fingerprint density at radius 1 is 0.947 bits per heavy atom. The van der Waals surface area contributed by atoms with Crippen LogP contribution in [-0.4, -0.2) is 23.1 Å². The van der Waals surface area contributed by atoms with Crippen LogP contribution < -0.4 is 4.72 Å². The van der Waals surface area contributed by atoms with E-state index in [-0.39, 0.29) is 4.90 Å². The van der Waals surface area contributed by atoms with Gasteiger partial charge in [0, 0.05) is 21.5 Å². The maximum absolute atomic E-state index is 11.5. The first-order chi connectivity index (χ1) is 8.68. The predicted molar refractivity (Wildman–Crippen MR) is 75.5 cm³/mol. The first-order valence-corrected chi connectivity index (χ1v) is 9.33. The number of rotatable bonds is 3. The fourth-order valence-corrected chi connectivity index (χ4v) is 3.43. The zero-order valence-electron chi connectivity index (χ0n) is 9.79. The van der Waals surface area contributed by atoms with Gasteiger partial charge in [-0.3, -0.25) is 4.72 Å². The predicted octanol–water partition coefficient (Wildman–Crippen LogP) is 2.14. The van der Waals surface area contributed by atoms with E-state index in [4.69, 9.17) is 10.7 Å². The van der Waals surface area contributed by atoms with E-state index in [1.54, 1.807) is 24.3 Å². The zero-order valence-corrected chi connectivity index (χ0v) is 12.2. The Hall–Kier alpha value is -1.31. The number of nitrogens with one attached hydrogen (secondary N) is 1. The van der Waals surface area contributed by atoms with Gasteiger partial charge in [0.1, 0.15) is 0 Å². The molecule has 2 aromatic carbocycles. The third kappa shape index (κ3) is 3.17. The molecule has 0 spiro atoms. The molecule has 0 saturated carbocycles. The van der Waals surface area contributed by atoms with Crippen LogP contribution in [0.1, 0.15) is 0 Å². The van der Waals surface area contributed by atoms with Crippen molar-refractivity contribution in [1.29, 1.82) is 0 Å². The Kier molecular flexibility index (Phi) is 3.46. The van der Waals surface area contributed by atoms with Gasteiger partial charge in [0.05, 0.1) is 16.8 Å². The SMILES string of the molecule is CS(=O)(=O)Nc1ccc(S(=O)(=O)Cl)c2ccccc12. The molecule has 0 amide bonds. The molecule has 0 aromatic heterocycles. The lowest BCUT2D eigenvalue weighted by atomic mass is 10.1. The Morgan fingerprint density at radius 2 is 1.53 bits per heavy atom. The Morgan fingerprint density at radius 3 is 2.05 bits per heavy atom. The van der Waals surface area contributed by atoms with E-state index in [2.05, 4.69) is 4.72 Å². The van der Waals surface area contributed by atoms with Crippen molar-refractivity contribution in [3.63, 3.8) is 0 Å². The molecule has 2 aromatic rings. The van der Waals surface area contributed by atoms with E-state index in [1.807, 2.05) is 0 Å². The first-order valence-electron chi connectivity index (χ1n) is 5.13. The Balaban J connectivity index is 2.80. The van der Waals surface area contributed by atoms with Gasteiger partial charge in [-0.2, -0.15) is 0 Å². The van der Waals surface area contributed by atoms with Gasteiger partial charge in [-0.15, -0.1) is 0 Å². The number of halogens is 1. The summed E-state index contributed by atoms with van der Waals surface area (Å²) in [5, 5.41) is 0.834. The van der Waals surface area contributed by atoms with E-state index in [1.165, 1.54) is 12.1 Å². The molecule has 0 radical (unpaired) electrons. The number of sulfonamides is 1. The summed E-state index contributed by atoms with van der Waals surface area (Å²) in [6, 6.07) is 9.17. The van der Waals surface area contributed by atoms with Crippen LogP contribution in [0.25, 0.3) is 10.8 Å². The number of anilines is 1. The van der Waals surface area contributed by atoms with E-state index < -0.39 is 19.1 Å². The number of fused-ring (bicyclic) bond motifs is 1. The lowest BCUT2D eigenvalue weighted by Gasteiger charge is -2.10. The van der Waals surface area contributed by atoms with Crippen molar-refractivity contribution in [1.82, 2.24) is 0 Å². The highest BCUT2D eigenvalue weighted by Crippen LogP contribution is 2.31. The van der Waals surface area contributed by atoms with Crippen LogP contribution >= 0.6 is 10.7 Å². The molecule has 2 rings (SSSR count). The van der Waals surface area contributed by atoms with Crippen LogP contribution in [0.5, 0.6) is 0 Å². The van der Waals surface area contributed by atoms with Crippen LogP contribution in [0.4, 0.5) is 5.69 Å². The highest BCUT2D eigenvalue weighted by atomic mass is 35.7. The lowest BCUT2D eigenvalue weighted by molar-refractivity contribution is 0.606. The van der Waals surface area contributed by atoms with Crippen molar-refractivity contribution in [2.24, 2.45) is 0 Å². The Labute approximate surface area is 115 Å². The van der Waals surface area contributed by atoms with Crippen molar-refractivity contribution in [2.45, 2.75) is 4.90 Å². The van der Waals surface area contributed by atoms with Gasteiger partial charge in [0.25, 0.3) is 9.05 Å². The second kappa shape index (κ2) is 4.66. The molecule has 0 bridgehead atoms. The van der Waals surface area contributed by atoms with E-state index in [0.717, 1.165) is 6.26 Å². The molecule has 1 N–H and O–H groups in total. The molecule has 8 heteroatoms. The van der Waals surface area contributed by atoms with Crippen LogP contribution in [0.3, 0.4) is 0 Å². The molecule has 0 unspecified atom stereocenters. The second-order valence-electron chi connectivity index (χ2n) is 3.97. The standard InChI is InChI=1S/C11H10ClNO4S2/c1-18(14,15)13-10-6-7-11(19(12,16)17)9-5-3-2-4-8(9)10/h2-7,13H,1H3. The van der Waals surface area contributed by atoms with Crippen molar-refractivity contribution < 1.29 is 16.8 Å². The van der Waals surface area contributed by atoms with Gasteiger partial charge < -0.3 is 0 Å². The van der Waals surface area contributed by atoms with Gasteiger partial charge >= 0.3 is 0 Å². The molecule has 0 atom stereocenters. The molecule has 5 nitrogen and oxygen atoms in total. The smallest absolute Gasteiger partial charge is 0.261 e. The van der Waals surface area contributed by atoms with Crippen molar-refractivity contribution in [2.75, 3.05) is 11.0 Å². The molecule has 0 saturated heterocycles. The normalized spacial score (nSPS) is 12.5. The largest absolute Gasteiger partial charge is 0.283 e. The molecule has 0 heterocycles. The summed E-state index contributed by atoms with van der Waals surface area (Å²) < 4.78 is 47.8. The fourth-order valence-electron chi connectivity index (χ4n) is 1.77. The molecule has 0 aliphatic heterocycles. The van der Waals surface area contributed by atoms with E-state index >= 15 is 0 Å². The fraction of sp³-hybridized carbons (Fsp3) is 0.0909. The molecular weight excluding hydrogens is 310 g/mol. The summed E-state index contributed by atoms with van der Waals surface area (Å²) in [5.74, 6) is 0. The quantitative estimate of drug-likeness (QED) is 0.879. The third-order valence-corrected chi connectivity index (χ3v) is 4.41. The average Bonchev–Trinajstić information content (AvgIpc) is 2.25. The van der Waals surface area contributed by atoms with E-state index in [9.17, 15) is 16.8 Å².